The highest BCUT2D eigenvalue weighted by Crippen LogP contribution is 2.43. The van der Waals surface area contributed by atoms with Gasteiger partial charge in [0.2, 0.25) is 0 Å². The van der Waals surface area contributed by atoms with Crippen molar-refractivity contribution in [2.45, 2.75) is 43.7 Å². The van der Waals surface area contributed by atoms with Crippen LogP contribution in [0.15, 0.2) is 29.6 Å². The van der Waals surface area contributed by atoms with Crippen molar-refractivity contribution in [2.75, 3.05) is 12.8 Å². The Morgan fingerprint density at radius 2 is 2.00 bits per heavy atom. The number of piperidine rings is 1. The highest BCUT2D eigenvalue weighted by atomic mass is 32.1. The molecule has 0 radical (unpaired) electrons. The molecule has 21 heavy (non-hydrogen) atoms. The summed E-state index contributed by atoms with van der Waals surface area (Å²) in [7, 11) is 2.29. The van der Waals surface area contributed by atoms with Gasteiger partial charge < -0.3 is 10.6 Å². The zero-order chi connectivity index (χ0) is 14.4. The van der Waals surface area contributed by atoms with Crippen molar-refractivity contribution < 1.29 is 0 Å². The van der Waals surface area contributed by atoms with E-state index in [2.05, 4.69) is 23.4 Å². The van der Waals surface area contributed by atoms with Gasteiger partial charge in [-0.25, -0.2) is 4.98 Å². The van der Waals surface area contributed by atoms with Crippen LogP contribution in [0.25, 0.3) is 11.3 Å². The fourth-order valence-electron chi connectivity index (χ4n) is 3.92. The zero-order valence-corrected chi connectivity index (χ0v) is 13.1. The lowest BCUT2D eigenvalue weighted by Gasteiger charge is -2.35. The van der Waals surface area contributed by atoms with E-state index < -0.39 is 0 Å². The third-order valence-corrected chi connectivity index (χ3v) is 6.16. The molecule has 4 heteroatoms. The van der Waals surface area contributed by atoms with Crippen molar-refractivity contribution in [1.29, 1.82) is 0 Å². The monoisotopic (exact) mass is 299 g/mol. The van der Waals surface area contributed by atoms with Crippen LogP contribution in [0.2, 0.25) is 0 Å². The van der Waals surface area contributed by atoms with Gasteiger partial charge in [0.25, 0.3) is 0 Å². The molecule has 1 aromatic heterocycles. The number of benzene rings is 1. The smallest absolute Gasteiger partial charge is 0.0964 e. The third-order valence-electron chi connectivity index (χ3n) is 5.15. The van der Waals surface area contributed by atoms with Gasteiger partial charge in [0.1, 0.15) is 0 Å². The van der Waals surface area contributed by atoms with Crippen LogP contribution in [0.1, 0.15) is 36.6 Å². The summed E-state index contributed by atoms with van der Waals surface area (Å²) in [6.07, 6.45) is 5.28. The molecule has 2 aliphatic heterocycles. The maximum absolute atomic E-state index is 5.88. The number of fused-ring (bicyclic) bond motifs is 2. The fourth-order valence-corrected chi connectivity index (χ4v) is 4.88. The maximum atomic E-state index is 5.88. The van der Waals surface area contributed by atoms with Crippen LogP contribution in [0, 0.1) is 0 Å². The number of nitrogen functional groups attached to an aromatic ring is 1. The molecular formula is C17H21N3S. The molecule has 4 rings (SSSR count). The Morgan fingerprint density at radius 1 is 1.24 bits per heavy atom. The number of aromatic nitrogens is 1. The number of anilines is 1. The van der Waals surface area contributed by atoms with Gasteiger partial charge >= 0.3 is 0 Å². The SMILES string of the molecule is CN1C2CCC1CC(c1nc(-c3cccc(N)c3)cs1)C2. The van der Waals surface area contributed by atoms with Gasteiger partial charge in [-0.2, -0.15) is 0 Å². The van der Waals surface area contributed by atoms with Gasteiger partial charge in [0.05, 0.1) is 10.7 Å². The first-order chi connectivity index (χ1) is 10.2. The topological polar surface area (TPSA) is 42.2 Å². The number of hydrogen-bond donors (Lipinski definition) is 1. The van der Waals surface area contributed by atoms with E-state index >= 15 is 0 Å². The van der Waals surface area contributed by atoms with Gasteiger partial charge in [0.15, 0.2) is 0 Å². The van der Waals surface area contributed by atoms with Crippen molar-refractivity contribution in [3.8, 4) is 11.3 Å². The maximum Gasteiger partial charge on any atom is 0.0964 e. The molecule has 2 unspecified atom stereocenters. The molecule has 2 aromatic rings. The van der Waals surface area contributed by atoms with Gasteiger partial charge in [-0.3, -0.25) is 0 Å². The molecule has 0 amide bonds. The summed E-state index contributed by atoms with van der Waals surface area (Å²) in [4.78, 5) is 7.50. The number of nitrogens with two attached hydrogens (primary N) is 1. The number of nitrogens with zero attached hydrogens (tertiary/aromatic N) is 2. The van der Waals surface area contributed by atoms with Gasteiger partial charge in [-0.05, 0) is 44.9 Å². The minimum Gasteiger partial charge on any atom is -0.399 e. The Balaban J connectivity index is 1.58. The molecule has 3 nitrogen and oxygen atoms in total. The van der Waals surface area contributed by atoms with E-state index in [1.807, 2.05) is 29.5 Å². The van der Waals surface area contributed by atoms with Crippen molar-refractivity contribution in [3.63, 3.8) is 0 Å². The number of thiazole rings is 1. The first kappa shape index (κ1) is 13.3. The van der Waals surface area contributed by atoms with E-state index in [-0.39, 0.29) is 0 Å². The van der Waals surface area contributed by atoms with Crippen molar-refractivity contribution in [3.05, 3.63) is 34.7 Å². The molecule has 2 atom stereocenters. The molecule has 0 spiro atoms. The van der Waals surface area contributed by atoms with Gasteiger partial charge in [0, 0.05) is 34.6 Å². The van der Waals surface area contributed by atoms with Gasteiger partial charge in [-0.15, -0.1) is 11.3 Å². The number of rotatable bonds is 2. The molecule has 2 fully saturated rings. The minimum absolute atomic E-state index is 0.651. The van der Waals surface area contributed by atoms with Crippen LogP contribution >= 0.6 is 11.3 Å². The van der Waals surface area contributed by atoms with E-state index in [4.69, 9.17) is 10.7 Å². The lowest BCUT2D eigenvalue weighted by molar-refractivity contribution is 0.161. The minimum atomic E-state index is 0.651. The average Bonchev–Trinajstić information content (AvgIpc) is 3.02. The van der Waals surface area contributed by atoms with Crippen LogP contribution in [0.3, 0.4) is 0 Å². The summed E-state index contributed by atoms with van der Waals surface area (Å²) >= 11 is 1.82. The van der Waals surface area contributed by atoms with Crippen molar-refractivity contribution in [2.24, 2.45) is 0 Å². The standard InChI is InChI=1S/C17H21N3S/c1-20-14-5-6-15(20)9-12(8-14)17-19-16(10-21-17)11-3-2-4-13(18)7-11/h2-4,7,10,12,14-15H,5-6,8-9,18H2,1H3. The van der Waals surface area contributed by atoms with Crippen LogP contribution < -0.4 is 5.73 Å². The summed E-state index contributed by atoms with van der Waals surface area (Å²) in [5.41, 5.74) is 8.89. The third kappa shape index (κ3) is 2.36. The van der Waals surface area contributed by atoms with E-state index in [0.29, 0.717) is 5.92 Å². The molecule has 2 saturated heterocycles. The average molecular weight is 299 g/mol. The summed E-state index contributed by atoms with van der Waals surface area (Å²) < 4.78 is 0. The Hall–Kier alpha value is -1.39. The summed E-state index contributed by atoms with van der Waals surface area (Å²) in [5.74, 6) is 0.651. The molecule has 110 valence electrons. The van der Waals surface area contributed by atoms with Crippen molar-refractivity contribution in [1.82, 2.24) is 9.88 Å². The van der Waals surface area contributed by atoms with E-state index in [1.165, 1.54) is 30.7 Å². The fraction of sp³-hybridized carbons (Fsp3) is 0.471. The quantitative estimate of drug-likeness (QED) is 0.859. The van der Waals surface area contributed by atoms with E-state index in [1.54, 1.807) is 0 Å². The molecule has 2 N–H and O–H groups in total. The second kappa shape index (κ2) is 5.11. The van der Waals surface area contributed by atoms with Crippen molar-refractivity contribution >= 4 is 17.0 Å². The highest BCUT2D eigenvalue weighted by molar-refractivity contribution is 7.10. The predicted octanol–water partition coefficient (Wildman–Crippen LogP) is 3.73. The summed E-state index contributed by atoms with van der Waals surface area (Å²) in [5, 5.41) is 3.50. The molecular weight excluding hydrogens is 278 g/mol. The van der Waals surface area contributed by atoms with E-state index in [0.717, 1.165) is 29.0 Å². The van der Waals surface area contributed by atoms with Gasteiger partial charge in [-0.1, -0.05) is 12.1 Å². The second-order valence-corrected chi connectivity index (χ2v) is 7.30. The van der Waals surface area contributed by atoms with Crippen LogP contribution in [-0.2, 0) is 0 Å². The normalized spacial score (nSPS) is 28.9. The molecule has 1 aromatic carbocycles. The Labute approximate surface area is 129 Å². The van der Waals surface area contributed by atoms with Crippen LogP contribution in [0.4, 0.5) is 5.69 Å². The first-order valence-corrected chi connectivity index (χ1v) is 8.62. The summed E-state index contributed by atoms with van der Waals surface area (Å²) in [6, 6.07) is 9.57. The predicted molar refractivity (Wildman–Crippen MR) is 88.5 cm³/mol. The van der Waals surface area contributed by atoms with E-state index in [9.17, 15) is 0 Å². The number of hydrogen-bond acceptors (Lipinski definition) is 4. The molecule has 2 aliphatic rings. The van der Waals surface area contributed by atoms with Crippen LogP contribution in [0.5, 0.6) is 0 Å². The van der Waals surface area contributed by atoms with Crippen LogP contribution in [-0.4, -0.2) is 29.0 Å². The molecule has 0 saturated carbocycles. The highest BCUT2D eigenvalue weighted by Gasteiger charge is 2.39. The largest absolute Gasteiger partial charge is 0.399 e. The lowest BCUT2D eigenvalue weighted by atomic mass is 9.91. The molecule has 2 bridgehead atoms. The lowest BCUT2D eigenvalue weighted by Crippen LogP contribution is -2.39. The zero-order valence-electron chi connectivity index (χ0n) is 12.3. The molecule has 3 heterocycles. The Bertz CT molecular complexity index is 637. The molecule has 0 aliphatic carbocycles. The first-order valence-electron chi connectivity index (χ1n) is 7.74. The Kier molecular flexibility index (Phi) is 3.23. The second-order valence-electron chi connectivity index (χ2n) is 6.42. The summed E-state index contributed by atoms with van der Waals surface area (Å²) in [6.45, 7) is 0. The Morgan fingerprint density at radius 3 is 2.71 bits per heavy atom.